The smallest absolute Gasteiger partial charge is 0.411 e. The van der Waals surface area contributed by atoms with Crippen molar-refractivity contribution in [1.82, 2.24) is 4.90 Å². The quantitative estimate of drug-likeness (QED) is 0.138. The lowest BCUT2D eigenvalue weighted by Crippen LogP contribution is -2.70. The predicted molar refractivity (Wildman–Crippen MR) is 139 cm³/mol. The Morgan fingerprint density at radius 2 is 1.85 bits per heavy atom. The maximum atomic E-state index is 13.9. The lowest BCUT2D eigenvalue weighted by Gasteiger charge is -2.53. The number of hydrogen-bond donors (Lipinski definition) is 7. The Bertz CT molecular complexity index is 1360. The molecule has 0 unspecified atom stereocenters. The number of carbonyl (C=O) groups excluding carboxylic acids is 4. The number of aromatic hydroxyl groups is 1. The number of likely N-dealkylation sites (N-methyl/N-ethyl adjacent to an activating group) is 1. The van der Waals surface area contributed by atoms with Crippen molar-refractivity contribution >= 4 is 50.9 Å². The number of nitrogens with two attached hydrogens (primary N) is 1. The number of primary amides is 1. The molecule has 0 aliphatic heterocycles. The molecule has 0 saturated heterocycles. The molecule has 1 aromatic rings. The van der Waals surface area contributed by atoms with Gasteiger partial charge in [-0.15, -0.1) is 0 Å². The first-order valence-corrected chi connectivity index (χ1v) is 13.0. The molecule has 0 heterocycles. The molecule has 14 heteroatoms. The summed E-state index contributed by atoms with van der Waals surface area (Å²) in [5.41, 5.74) is 0.675. The van der Waals surface area contributed by atoms with Crippen LogP contribution in [0.2, 0.25) is 0 Å². The fraction of sp³-hybridized carbons (Fsp3) is 0.440. The summed E-state index contributed by atoms with van der Waals surface area (Å²) in [5.74, 6) is -9.98. The number of ketones is 2. The second-order valence-electron chi connectivity index (χ2n) is 9.93. The van der Waals surface area contributed by atoms with Gasteiger partial charge in [0.25, 0.3) is 5.91 Å². The summed E-state index contributed by atoms with van der Waals surface area (Å²) in [6.45, 7) is 1.64. The van der Waals surface area contributed by atoms with Crippen LogP contribution >= 0.6 is 15.9 Å². The second kappa shape index (κ2) is 9.93. The zero-order valence-corrected chi connectivity index (χ0v) is 22.7. The van der Waals surface area contributed by atoms with Crippen LogP contribution in [0.15, 0.2) is 29.0 Å². The van der Waals surface area contributed by atoms with Crippen molar-refractivity contribution in [1.29, 1.82) is 0 Å². The molecule has 1 aromatic carbocycles. The van der Waals surface area contributed by atoms with Crippen LogP contribution in [0, 0.1) is 11.8 Å². The molecule has 0 spiro atoms. The molecule has 8 N–H and O–H groups in total. The van der Waals surface area contributed by atoms with Crippen molar-refractivity contribution in [2.75, 3.05) is 31.3 Å². The number of alkyl halides is 1. The number of hydrogen-bond acceptors (Lipinski definition) is 11. The van der Waals surface area contributed by atoms with Crippen molar-refractivity contribution in [2.45, 2.75) is 30.6 Å². The third kappa shape index (κ3) is 4.01. The molecule has 3 aliphatic rings. The SMILES string of the molecule is C[C@@H]1c2ccc(NC(=O)OCCBr)c(O)c2C(O)=C2C(=O)[C@]3(O)C(O)=C(C(N)=O)C(=O)[C@@H](N(C)C)[C@@H]3[C@@H](O)[C@@H]21. The summed E-state index contributed by atoms with van der Waals surface area (Å²) < 4.78 is 4.91. The molecule has 0 aromatic heterocycles. The number of carbonyl (C=O) groups is 4. The molecule has 13 nitrogen and oxygen atoms in total. The van der Waals surface area contributed by atoms with Crippen LogP contribution in [0.3, 0.4) is 0 Å². The molecular weight excluding hydrogens is 582 g/mol. The number of phenols is 1. The highest BCUT2D eigenvalue weighted by Crippen LogP contribution is 2.56. The number of fused-ring (bicyclic) bond motifs is 3. The van der Waals surface area contributed by atoms with Gasteiger partial charge in [-0.2, -0.15) is 0 Å². The Morgan fingerprint density at radius 1 is 1.21 bits per heavy atom. The van der Waals surface area contributed by atoms with Gasteiger partial charge in [0.15, 0.2) is 11.4 Å². The van der Waals surface area contributed by atoms with Gasteiger partial charge in [0.05, 0.1) is 29.3 Å². The van der Waals surface area contributed by atoms with E-state index in [1.54, 1.807) is 6.92 Å². The molecule has 3 aliphatic carbocycles. The maximum Gasteiger partial charge on any atom is 0.411 e. The van der Waals surface area contributed by atoms with E-state index in [1.165, 1.54) is 31.1 Å². The summed E-state index contributed by atoms with van der Waals surface area (Å²) in [7, 11) is 2.86. The van der Waals surface area contributed by atoms with Crippen LogP contribution in [0.5, 0.6) is 5.75 Å². The van der Waals surface area contributed by atoms with Gasteiger partial charge >= 0.3 is 6.09 Å². The van der Waals surface area contributed by atoms with E-state index in [1.807, 2.05) is 0 Å². The Labute approximate surface area is 230 Å². The summed E-state index contributed by atoms with van der Waals surface area (Å²) >= 11 is 3.11. The third-order valence-corrected chi connectivity index (χ3v) is 8.00. The van der Waals surface area contributed by atoms with Gasteiger partial charge in [-0.05, 0) is 31.6 Å². The fourth-order valence-corrected chi connectivity index (χ4v) is 6.16. The van der Waals surface area contributed by atoms with Crippen LogP contribution in [-0.4, -0.2) is 97.8 Å². The summed E-state index contributed by atoms with van der Waals surface area (Å²) in [4.78, 5) is 52.5. The number of anilines is 1. The minimum absolute atomic E-state index is 0.0401. The molecule has 1 saturated carbocycles. The van der Waals surface area contributed by atoms with E-state index >= 15 is 0 Å². The zero-order valence-electron chi connectivity index (χ0n) is 21.1. The Hall–Kier alpha value is -3.46. The normalized spacial score (nSPS) is 30.1. The lowest BCUT2D eigenvalue weighted by atomic mass is 9.54. The third-order valence-electron chi connectivity index (χ3n) is 7.68. The topological polar surface area (TPSA) is 220 Å². The van der Waals surface area contributed by atoms with Crippen molar-refractivity contribution < 1.29 is 49.4 Å². The number of phenolic OH excluding ortho intramolecular Hbond substituents is 1. The van der Waals surface area contributed by atoms with Crippen LogP contribution in [0.4, 0.5) is 10.5 Å². The lowest BCUT2D eigenvalue weighted by molar-refractivity contribution is -0.169. The monoisotopic (exact) mass is 609 g/mol. The summed E-state index contributed by atoms with van der Waals surface area (Å²) in [6.07, 6.45) is -2.59. The highest BCUT2D eigenvalue weighted by atomic mass is 79.9. The zero-order chi connectivity index (χ0) is 29.1. The van der Waals surface area contributed by atoms with E-state index in [-0.39, 0.29) is 17.9 Å². The van der Waals surface area contributed by atoms with E-state index in [0.717, 1.165) is 0 Å². The van der Waals surface area contributed by atoms with Gasteiger partial charge < -0.3 is 36.0 Å². The fourth-order valence-electron chi connectivity index (χ4n) is 5.99. The number of nitrogens with zero attached hydrogens (tertiary/aromatic N) is 1. The van der Waals surface area contributed by atoms with E-state index < -0.39 is 87.5 Å². The van der Waals surface area contributed by atoms with Crippen molar-refractivity contribution in [2.24, 2.45) is 17.6 Å². The minimum Gasteiger partial charge on any atom is -0.508 e. The number of benzene rings is 1. The highest BCUT2D eigenvalue weighted by Gasteiger charge is 2.68. The average Bonchev–Trinajstić information content (AvgIpc) is 2.85. The molecule has 0 bridgehead atoms. The number of Topliss-reactive ketones (excluding diaryl/α,β-unsaturated/α-hetero) is 2. The number of aliphatic hydroxyl groups is 4. The van der Waals surface area contributed by atoms with E-state index in [2.05, 4.69) is 21.2 Å². The minimum atomic E-state index is -3.01. The van der Waals surface area contributed by atoms with Crippen molar-refractivity contribution in [3.8, 4) is 5.75 Å². The Balaban J connectivity index is 1.94. The molecule has 4 rings (SSSR count). The predicted octanol–water partition coefficient (Wildman–Crippen LogP) is 0.439. The number of rotatable bonds is 5. The van der Waals surface area contributed by atoms with Crippen LogP contribution in [0.25, 0.3) is 5.76 Å². The first kappa shape index (κ1) is 28.5. The van der Waals surface area contributed by atoms with E-state index in [9.17, 15) is 44.7 Å². The first-order chi connectivity index (χ1) is 18.2. The number of nitrogens with one attached hydrogen (secondary N) is 1. The molecule has 0 radical (unpaired) electrons. The number of aliphatic hydroxyl groups excluding tert-OH is 3. The molecular formula is C25H28BrN3O10. The summed E-state index contributed by atoms with van der Waals surface area (Å²) in [5, 5.41) is 59.1. The van der Waals surface area contributed by atoms with Crippen LogP contribution in [-0.2, 0) is 19.1 Å². The van der Waals surface area contributed by atoms with Crippen LogP contribution in [0.1, 0.15) is 24.0 Å². The van der Waals surface area contributed by atoms with Gasteiger partial charge in [-0.1, -0.05) is 28.9 Å². The molecule has 6 atom stereocenters. The second-order valence-corrected chi connectivity index (χ2v) is 10.7. The molecule has 2 amide bonds. The first-order valence-electron chi connectivity index (χ1n) is 11.9. The Morgan fingerprint density at radius 3 is 2.41 bits per heavy atom. The van der Waals surface area contributed by atoms with Gasteiger partial charge in [0.2, 0.25) is 5.78 Å². The number of halogens is 1. The standard InChI is InChI=1S/C25H28BrN3O10/c1-8-9-4-5-10(28-24(37)39-7-6-26)17(30)12(9)18(31)13-11(8)19(32)15-16(29(2)3)20(33)14(23(27)36)22(35)25(15,38)21(13)34/h4-5,8,11,15-16,19,30-32,35,38H,6-7H2,1-3H3,(H2,27,36)(H,28,37)/t8-,11-,15-,16+,19+,25+/m1/s1. The van der Waals surface area contributed by atoms with E-state index in [4.69, 9.17) is 10.5 Å². The molecule has 1 fully saturated rings. The highest BCUT2D eigenvalue weighted by molar-refractivity contribution is 9.09. The largest absolute Gasteiger partial charge is 0.508 e. The van der Waals surface area contributed by atoms with Crippen LogP contribution < -0.4 is 11.1 Å². The number of ether oxygens (including phenoxy) is 1. The van der Waals surface area contributed by atoms with Crippen molar-refractivity contribution in [3.05, 3.63) is 40.2 Å². The maximum absolute atomic E-state index is 13.9. The van der Waals surface area contributed by atoms with Gasteiger partial charge in [0, 0.05) is 16.8 Å². The Kier molecular flexibility index (Phi) is 7.27. The van der Waals surface area contributed by atoms with Crippen molar-refractivity contribution in [3.63, 3.8) is 0 Å². The van der Waals surface area contributed by atoms with Gasteiger partial charge in [-0.3, -0.25) is 24.6 Å². The molecule has 210 valence electrons. The van der Waals surface area contributed by atoms with E-state index in [0.29, 0.717) is 10.9 Å². The number of amides is 2. The summed E-state index contributed by atoms with van der Waals surface area (Å²) in [6, 6.07) is 1.39. The van der Waals surface area contributed by atoms with Gasteiger partial charge in [0.1, 0.15) is 29.4 Å². The van der Waals surface area contributed by atoms with Gasteiger partial charge in [-0.25, -0.2) is 4.79 Å². The average molecular weight is 610 g/mol. The molecule has 39 heavy (non-hydrogen) atoms.